The Morgan fingerprint density at radius 3 is 2.69 bits per heavy atom. The zero-order valence-electron chi connectivity index (χ0n) is 13.6. The molecule has 1 aromatic heterocycles. The molecule has 0 amide bonds. The predicted molar refractivity (Wildman–Crippen MR) is 91.9 cm³/mol. The van der Waals surface area contributed by atoms with Gasteiger partial charge >= 0.3 is 0 Å². The summed E-state index contributed by atoms with van der Waals surface area (Å²) >= 11 is 1.15. The molecular formula is C18H13FN2O4S. The fourth-order valence-corrected chi connectivity index (χ4v) is 3.22. The Labute approximate surface area is 152 Å². The second kappa shape index (κ2) is 6.80. The number of rotatable bonds is 5. The molecule has 2 aromatic carbocycles. The third-order valence-electron chi connectivity index (χ3n) is 3.80. The van der Waals surface area contributed by atoms with Gasteiger partial charge in [0.05, 0.1) is 5.25 Å². The van der Waals surface area contributed by atoms with E-state index >= 15 is 0 Å². The number of aromatic nitrogens is 2. The highest BCUT2D eigenvalue weighted by Crippen LogP contribution is 2.36. The quantitative estimate of drug-likeness (QED) is 0.495. The molecule has 1 aliphatic rings. The van der Waals surface area contributed by atoms with Crippen LogP contribution in [0.25, 0.3) is 11.5 Å². The van der Waals surface area contributed by atoms with Crippen molar-refractivity contribution in [2.24, 2.45) is 0 Å². The minimum atomic E-state index is -0.453. The van der Waals surface area contributed by atoms with Crippen molar-refractivity contribution in [2.75, 3.05) is 6.79 Å². The molecular weight excluding hydrogens is 359 g/mol. The number of halogens is 1. The van der Waals surface area contributed by atoms with Crippen LogP contribution in [-0.2, 0) is 0 Å². The van der Waals surface area contributed by atoms with Crippen molar-refractivity contribution >= 4 is 17.5 Å². The molecule has 6 nitrogen and oxygen atoms in total. The second-order valence-electron chi connectivity index (χ2n) is 5.57. The minimum absolute atomic E-state index is 0.141. The van der Waals surface area contributed by atoms with Crippen LogP contribution < -0.4 is 9.47 Å². The van der Waals surface area contributed by atoms with Crippen LogP contribution >= 0.6 is 11.8 Å². The number of ketones is 1. The summed E-state index contributed by atoms with van der Waals surface area (Å²) in [4.78, 5) is 12.4. The maximum atomic E-state index is 13.0. The standard InChI is InChI=1S/C18H13FN2O4S/c1-10(16(22)11-2-5-13(19)6-3-11)26-18-21-20-17(25-18)12-4-7-14-15(8-12)24-9-23-14/h2-8,10H,9H2,1H3/t10-/m1/s1. The number of hydrogen-bond donors (Lipinski definition) is 0. The molecule has 0 aliphatic carbocycles. The SMILES string of the molecule is C[C@@H](Sc1nnc(-c2ccc3c(c2)OCO3)o1)C(=O)c1ccc(F)cc1. The Morgan fingerprint density at radius 1 is 1.12 bits per heavy atom. The Balaban J connectivity index is 1.48. The lowest BCUT2D eigenvalue weighted by Crippen LogP contribution is -2.13. The predicted octanol–water partition coefficient (Wildman–Crippen LogP) is 3.97. The van der Waals surface area contributed by atoms with Gasteiger partial charge < -0.3 is 13.9 Å². The molecule has 26 heavy (non-hydrogen) atoms. The van der Waals surface area contributed by atoms with E-state index in [4.69, 9.17) is 13.9 Å². The van der Waals surface area contributed by atoms with E-state index < -0.39 is 5.25 Å². The smallest absolute Gasteiger partial charge is 0.277 e. The van der Waals surface area contributed by atoms with Crippen LogP contribution in [-0.4, -0.2) is 28.0 Å². The third-order valence-corrected chi connectivity index (χ3v) is 4.74. The van der Waals surface area contributed by atoms with E-state index in [0.717, 1.165) is 11.8 Å². The zero-order valence-corrected chi connectivity index (χ0v) is 14.5. The molecule has 0 saturated heterocycles. The van der Waals surface area contributed by atoms with Gasteiger partial charge in [-0.1, -0.05) is 11.8 Å². The number of hydrogen-bond acceptors (Lipinski definition) is 7. The van der Waals surface area contributed by atoms with Gasteiger partial charge in [0.2, 0.25) is 12.7 Å². The summed E-state index contributed by atoms with van der Waals surface area (Å²) in [6.45, 7) is 1.92. The van der Waals surface area contributed by atoms with Crippen molar-refractivity contribution in [3.8, 4) is 23.0 Å². The van der Waals surface area contributed by atoms with E-state index in [9.17, 15) is 9.18 Å². The fraction of sp³-hybridized carbons (Fsp3) is 0.167. The molecule has 132 valence electrons. The lowest BCUT2D eigenvalue weighted by atomic mass is 10.1. The second-order valence-corrected chi connectivity index (χ2v) is 6.86. The summed E-state index contributed by atoms with van der Waals surface area (Å²) in [6, 6.07) is 10.8. The van der Waals surface area contributed by atoms with Gasteiger partial charge in [-0.3, -0.25) is 4.79 Å². The minimum Gasteiger partial charge on any atom is -0.454 e. The first-order chi connectivity index (χ1) is 12.6. The molecule has 0 N–H and O–H groups in total. The molecule has 2 heterocycles. The molecule has 0 bridgehead atoms. The number of carbonyl (C=O) groups is 1. The van der Waals surface area contributed by atoms with Crippen LogP contribution in [0.4, 0.5) is 4.39 Å². The molecule has 0 spiro atoms. The van der Waals surface area contributed by atoms with Gasteiger partial charge in [-0.2, -0.15) is 0 Å². The largest absolute Gasteiger partial charge is 0.454 e. The van der Waals surface area contributed by atoms with Gasteiger partial charge in [0.25, 0.3) is 5.22 Å². The first kappa shape index (κ1) is 16.6. The van der Waals surface area contributed by atoms with E-state index in [-0.39, 0.29) is 23.6 Å². The Kier molecular flexibility index (Phi) is 4.34. The summed E-state index contributed by atoms with van der Waals surface area (Å²) in [5.41, 5.74) is 1.13. The van der Waals surface area contributed by atoms with Gasteiger partial charge in [0, 0.05) is 11.1 Å². The maximum Gasteiger partial charge on any atom is 0.277 e. The highest BCUT2D eigenvalue weighted by Gasteiger charge is 2.21. The number of nitrogens with zero attached hydrogens (tertiary/aromatic N) is 2. The number of fused-ring (bicyclic) bond motifs is 1. The van der Waals surface area contributed by atoms with Crippen molar-refractivity contribution in [1.82, 2.24) is 10.2 Å². The van der Waals surface area contributed by atoms with Crippen LogP contribution in [0.3, 0.4) is 0 Å². The molecule has 1 aliphatic heterocycles. The first-order valence-electron chi connectivity index (χ1n) is 7.80. The molecule has 8 heteroatoms. The van der Waals surface area contributed by atoms with E-state index in [2.05, 4.69) is 10.2 Å². The van der Waals surface area contributed by atoms with Gasteiger partial charge in [0.1, 0.15) is 5.82 Å². The molecule has 0 saturated carbocycles. The highest BCUT2D eigenvalue weighted by molar-refractivity contribution is 8.00. The van der Waals surface area contributed by atoms with Gasteiger partial charge in [0.15, 0.2) is 17.3 Å². The van der Waals surface area contributed by atoms with E-state index in [1.54, 1.807) is 25.1 Å². The number of ether oxygens (including phenoxy) is 2. The van der Waals surface area contributed by atoms with Crippen LogP contribution in [0.5, 0.6) is 11.5 Å². The lowest BCUT2D eigenvalue weighted by Gasteiger charge is -2.07. The van der Waals surface area contributed by atoms with Crippen LogP contribution in [0.2, 0.25) is 0 Å². The average Bonchev–Trinajstić information content (AvgIpc) is 3.30. The van der Waals surface area contributed by atoms with E-state index in [0.29, 0.717) is 28.5 Å². The van der Waals surface area contributed by atoms with Crippen molar-refractivity contribution in [2.45, 2.75) is 17.4 Å². The van der Waals surface area contributed by atoms with Crippen molar-refractivity contribution in [3.63, 3.8) is 0 Å². The molecule has 1 atom stereocenters. The summed E-state index contributed by atoms with van der Waals surface area (Å²) < 4.78 is 29.2. The topological polar surface area (TPSA) is 74.5 Å². The molecule has 0 unspecified atom stereocenters. The van der Waals surface area contributed by atoms with Crippen LogP contribution in [0.1, 0.15) is 17.3 Å². The first-order valence-corrected chi connectivity index (χ1v) is 8.68. The van der Waals surface area contributed by atoms with E-state index in [1.807, 2.05) is 0 Å². The molecule has 0 radical (unpaired) electrons. The summed E-state index contributed by atoms with van der Waals surface area (Å²) in [5, 5.41) is 7.82. The third kappa shape index (κ3) is 3.28. The van der Waals surface area contributed by atoms with Crippen LogP contribution in [0, 0.1) is 5.82 Å². The zero-order chi connectivity index (χ0) is 18.1. The van der Waals surface area contributed by atoms with Gasteiger partial charge in [-0.15, -0.1) is 10.2 Å². The van der Waals surface area contributed by atoms with Crippen LogP contribution in [0.15, 0.2) is 52.1 Å². The van der Waals surface area contributed by atoms with E-state index in [1.165, 1.54) is 24.3 Å². The number of benzene rings is 2. The van der Waals surface area contributed by atoms with Gasteiger partial charge in [-0.05, 0) is 49.4 Å². The molecule has 3 aromatic rings. The number of thioether (sulfide) groups is 1. The number of Topliss-reactive ketones (excluding diaryl/α,β-unsaturated/α-hetero) is 1. The maximum absolute atomic E-state index is 13.0. The monoisotopic (exact) mass is 372 g/mol. The Bertz CT molecular complexity index is 958. The fourth-order valence-electron chi connectivity index (χ4n) is 2.46. The average molecular weight is 372 g/mol. The summed E-state index contributed by atoms with van der Waals surface area (Å²) in [6.07, 6.45) is 0. The summed E-state index contributed by atoms with van der Waals surface area (Å²) in [7, 11) is 0. The van der Waals surface area contributed by atoms with Crippen molar-refractivity contribution in [3.05, 3.63) is 53.8 Å². The molecule has 0 fully saturated rings. The number of carbonyl (C=O) groups excluding carboxylic acids is 1. The normalized spacial score (nSPS) is 13.6. The lowest BCUT2D eigenvalue weighted by molar-refractivity contribution is 0.0993. The van der Waals surface area contributed by atoms with Gasteiger partial charge in [-0.25, -0.2) is 4.39 Å². The Morgan fingerprint density at radius 2 is 1.88 bits per heavy atom. The highest BCUT2D eigenvalue weighted by atomic mass is 32.2. The summed E-state index contributed by atoms with van der Waals surface area (Å²) in [5.74, 6) is 1.09. The Hall–Kier alpha value is -2.87. The van der Waals surface area contributed by atoms with Crippen molar-refractivity contribution in [1.29, 1.82) is 0 Å². The molecule has 4 rings (SSSR count). The van der Waals surface area contributed by atoms with Crippen molar-refractivity contribution < 1.29 is 23.1 Å².